The van der Waals surface area contributed by atoms with Gasteiger partial charge in [-0.2, -0.15) is 0 Å². The number of sulfonamides is 1. The van der Waals surface area contributed by atoms with Crippen LogP contribution < -0.4 is 10.0 Å². The molecule has 3 aromatic rings. The fourth-order valence-corrected chi connectivity index (χ4v) is 4.28. The van der Waals surface area contributed by atoms with E-state index in [4.69, 9.17) is 0 Å². The van der Waals surface area contributed by atoms with Crippen molar-refractivity contribution in [2.24, 2.45) is 0 Å². The standard InChI is InChI=1S/C21H19N3O3S/c25-21-8-3-17-14-19(6-7-20(17)23-21)28(26,27)24-18-4-1-15(2-5-18)13-16-9-11-22-12-10-16/h1-2,4-7,9-12,14,24H,3,8,13H2,(H,23,25). The van der Waals surface area contributed by atoms with Gasteiger partial charge in [0.15, 0.2) is 0 Å². The van der Waals surface area contributed by atoms with Crippen LogP contribution in [0.2, 0.25) is 0 Å². The van der Waals surface area contributed by atoms with Crippen LogP contribution in [-0.2, 0) is 27.7 Å². The number of anilines is 2. The summed E-state index contributed by atoms with van der Waals surface area (Å²) in [6.07, 6.45) is 5.16. The summed E-state index contributed by atoms with van der Waals surface area (Å²) in [4.78, 5) is 15.6. The number of aryl methyl sites for hydroxylation is 1. The lowest BCUT2D eigenvalue weighted by molar-refractivity contribution is -0.116. The van der Waals surface area contributed by atoms with Gasteiger partial charge < -0.3 is 5.32 Å². The van der Waals surface area contributed by atoms with Crippen molar-refractivity contribution >= 4 is 27.3 Å². The lowest BCUT2D eigenvalue weighted by Crippen LogP contribution is -2.20. The van der Waals surface area contributed by atoms with Crippen molar-refractivity contribution in [3.05, 3.63) is 83.7 Å². The average molecular weight is 393 g/mol. The van der Waals surface area contributed by atoms with Crippen LogP contribution in [0, 0.1) is 0 Å². The van der Waals surface area contributed by atoms with Gasteiger partial charge in [-0.25, -0.2) is 8.42 Å². The highest BCUT2D eigenvalue weighted by Crippen LogP contribution is 2.26. The molecular weight excluding hydrogens is 374 g/mol. The van der Waals surface area contributed by atoms with E-state index in [1.54, 1.807) is 36.7 Å². The highest BCUT2D eigenvalue weighted by molar-refractivity contribution is 7.92. The number of fused-ring (bicyclic) bond motifs is 1. The molecule has 28 heavy (non-hydrogen) atoms. The van der Waals surface area contributed by atoms with Gasteiger partial charge in [0.2, 0.25) is 5.91 Å². The van der Waals surface area contributed by atoms with Crippen molar-refractivity contribution < 1.29 is 13.2 Å². The molecule has 0 spiro atoms. The Kier molecular flexibility index (Phi) is 4.83. The second kappa shape index (κ2) is 7.44. The number of benzene rings is 2. The van der Waals surface area contributed by atoms with E-state index in [9.17, 15) is 13.2 Å². The molecule has 2 heterocycles. The van der Waals surface area contributed by atoms with Gasteiger partial charge in [0, 0.05) is 30.2 Å². The summed E-state index contributed by atoms with van der Waals surface area (Å²) in [5, 5.41) is 2.76. The van der Waals surface area contributed by atoms with Crippen LogP contribution in [0.4, 0.5) is 11.4 Å². The van der Waals surface area contributed by atoms with Gasteiger partial charge >= 0.3 is 0 Å². The number of nitrogens with zero attached hydrogens (tertiary/aromatic N) is 1. The molecule has 0 radical (unpaired) electrons. The quantitative estimate of drug-likeness (QED) is 0.696. The van der Waals surface area contributed by atoms with Crippen LogP contribution in [0.15, 0.2) is 71.9 Å². The first-order chi connectivity index (χ1) is 13.5. The minimum absolute atomic E-state index is 0.0481. The minimum atomic E-state index is -3.70. The van der Waals surface area contributed by atoms with Gasteiger partial charge in [-0.3, -0.25) is 14.5 Å². The lowest BCUT2D eigenvalue weighted by atomic mass is 10.0. The average Bonchev–Trinajstić information content (AvgIpc) is 2.69. The van der Waals surface area contributed by atoms with E-state index in [1.807, 2.05) is 24.3 Å². The summed E-state index contributed by atoms with van der Waals surface area (Å²) in [5.41, 5.74) is 4.23. The van der Waals surface area contributed by atoms with Gasteiger partial charge in [0.25, 0.3) is 10.0 Å². The Morgan fingerprint density at radius 1 is 0.929 bits per heavy atom. The topological polar surface area (TPSA) is 88.2 Å². The molecule has 1 aromatic heterocycles. The fourth-order valence-electron chi connectivity index (χ4n) is 3.17. The van der Waals surface area contributed by atoms with Crippen LogP contribution in [0.5, 0.6) is 0 Å². The Morgan fingerprint density at radius 3 is 2.39 bits per heavy atom. The Hall–Kier alpha value is -3.19. The number of amides is 1. The van der Waals surface area contributed by atoms with E-state index in [1.165, 1.54) is 6.07 Å². The minimum Gasteiger partial charge on any atom is -0.326 e. The van der Waals surface area contributed by atoms with E-state index in [0.717, 1.165) is 23.1 Å². The van der Waals surface area contributed by atoms with E-state index >= 15 is 0 Å². The van der Waals surface area contributed by atoms with Gasteiger partial charge in [-0.15, -0.1) is 0 Å². The predicted octanol–water partition coefficient (Wildman–Crippen LogP) is 3.36. The Labute approximate surface area is 163 Å². The van der Waals surface area contributed by atoms with Crippen LogP contribution in [0.1, 0.15) is 23.1 Å². The zero-order chi connectivity index (χ0) is 19.6. The highest BCUT2D eigenvalue weighted by atomic mass is 32.2. The maximum Gasteiger partial charge on any atom is 0.261 e. The normalized spacial score (nSPS) is 13.5. The number of carbonyl (C=O) groups is 1. The third-order valence-corrected chi connectivity index (χ3v) is 6.03. The third kappa shape index (κ3) is 4.04. The maximum absolute atomic E-state index is 12.7. The SMILES string of the molecule is O=C1CCc2cc(S(=O)(=O)Nc3ccc(Cc4ccncc4)cc3)ccc2N1. The van der Waals surface area contributed by atoms with Crippen molar-refractivity contribution in [3.8, 4) is 0 Å². The summed E-state index contributed by atoms with van der Waals surface area (Å²) in [6, 6.07) is 16.0. The summed E-state index contributed by atoms with van der Waals surface area (Å²) in [5.74, 6) is -0.0481. The molecule has 2 N–H and O–H groups in total. The second-order valence-corrected chi connectivity index (χ2v) is 8.38. The number of pyridine rings is 1. The largest absolute Gasteiger partial charge is 0.326 e. The van der Waals surface area contributed by atoms with Gasteiger partial charge in [-0.05, 0) is 72.0 Å². The summed E-state index contributed by atoms with van der Waals surface area (Å²) in [6.45, 7) is 0. The molecule has 0 atom stereocenters. The monoisotopic (exact) mass is 393 g/mol. The molecule has 6 nitrogen and oxygen atoms in total. The van der Waals surface area contributed by atoms with Crippen molar-refractivity contribution in [3.63, 3.8) is 0 Å². The molecule has 0 unspecified atom stereocenters. The summed E-state index contributed by atoms with van der Waals surface area (Å²) in [7, 11) is -3.70. The molecule has 142 valence electrons. The summed E-state index contributed by atoms with van der Waals surface area (Å²) < 4.78 is 28.1. The predicted molar refractivity (Wildman–Crippen MR) is 108 cm³/mol. The zero-order valence-corrected chi connectivity index (χ0v) is 15.9. The second-order valence-electron chi connectivity index (χ2n) is 6.70. The van der Waals surface area contributed by atoms with Crippen LogP contribution >= 0.6 is 0 Å². The van der Waals surface area contributed by atoms with Crippen molar-refractivity contribution in [1.29, 1.82) is 0 Å². The maximum atomic E-state index is 12.7. The van der Waals surface area contributed by atoms with Gasteiger partial charge in [0.05, 0.1) is 4.90 Å². The van der Waals surface area contributed by atoms with Crippen molar-refractivity contribution in [1.82, 2.24) is 4.98 Å². The van der Waals surface area contributed by atoms with E-state index < -0.39 is 10.0 Å². The van der Waals surface area contributed by atoms with E-state index in [-0.39, 0.29) is 10.8 Å². The first-order valence-corrected chi connectivity index (χ1v) is 10.4. The fraction of sp³-hybridized carbons (Fsp3) is 0.143. The lowest BCUT2D eigenvalue weighted by Gasteiger charge is -2.18. The summed E-state index contributed by atoms with van der Waals surface area (Å²) >= 11 is 0. The molecule has 0 saturated heterocycles. The van der Waals surface area contributed by atoms with Crippen molar-refractivity contribution in [2.45, 2.75) is 24.2 Å². The first kappa shape index (κ1) is 18.2. The molecule has 1 amide bonds. The number of hydrogen-bond acceptors (Lipinski definition) is 4. The molecule has 1 aliphatic rings. The number of hydrogen-bond donors (Lipinski definition) is 2. The number of carbonyl (C=O) groups excluding carboxylic acids is 1. The smallest absolute Gasteiger partial charge is 0.261 e. The molecular formula is C21H19N3O3S. The Balaban J connectivity index is 1.49. The molecule has 7 heteroatoms. The molecule has 0 aliphatic carbocycles. The molecule has 2 aromatic carbocycles. The van der Waals surface area contributed by atoms with Crippen LogP contribution in [0.25, 0.3) is 0 Å². The first-order valence-electron chi connectivity index (χ1n) is 8.93. The number of rotatable bonds is 5. The van der Waals surface area contributed by atoms with Gasteiger partial charge in [-0.1, -0.05) is 12.1 Å². The van der Waals surface area contributed by atoms with Crippen LogP contribution in [0.3, 0.4) is 0 Å². The van der Waals surface area contributed by atoms with Gasteiger partial charge in [0.1, 0.15) is 0 Å². The highest BCUT2D eigenvalue weighted by Gasteiger charge is 2.20. The molecule has 0 saturated carbocycles. The van der Waals surface area contributed by atoms with E-state index in [0.29, 0.717) is 24.2 Å². The Morgan fingerprint density at radius 2 is 1.64 bits per heavy atom. The molecule has 1 aliphatic heterocycles. The Bertz CT molecular complexity index is 1110. The van der Waals surface area contributed by atoms with E-state index in [2.05, 4.69) is 15.0 Å². The zero-order valence-electron chi connectivity index (χ0n) is 15.1. The number of aromatic nitrogens is 1. The van der Waals surface area contributed by atoms with Crippen LogP contribution in [-0.4, -0.2) is 19.3 Å². The number of nitrogens with one attached hydrogen (secondary N) is 2. The van der Waals surface area contributed by atoms with Crippen molar-refractivity contribution in [2.75, 3.05) is 10.0 Å². The third-order valence-electron chi connectivity index (χ3n) is 4.65. The molecule has 0 fully saturated rings. The molecule has 4 rings (SSSR count). The molecule has 0 bridgehead atoms.